The van der Waals surface area contributed by atoms with Crippen LogP contribution < -0.4 is 19.7 Å². The van der Waals surface area contributed by atoms with Crippen LogP contribution in [0.3, 0.4) is 0 Å². The Morgan fingerprint density at radius 1 is 0.762 bits per heavy atom. The molecule has 1 aliphatic rings. The Kier molecular flexibility index (Phi) is 8.31. The van der Waals surface area contributed by atoms with Crippen LogP contribution in [0.5, 0.6) is 11.5 Å². The topological polar surface area (TPSA) is 111 Å². The molecule has 4 aromatic carbocycles. The minimum absolute atomic E-state index is 0.106. The van der Waals surface area contributed by atoms with Crippen LogP contribution in [0, 0.1) is 0 Å². The molecule has 0 radical (unpaired) electrons. The SMILES string of the molecule is COc1ccccc1N1C(=O)C(Cl)=C(Nc2ccc(C(=O)Oc3ccc(C(=O)OCc4ccccc4)cc3)cc2)C1=O. The van der Waals surface area contributed by atoms with Crippen molar-refractivity contribution in [3.8, 4) is 11.5 Å². The molecule has 0 atom stereocenters. The maximum absolute atomic E-state index is 13.1. The van der Waals surface area contributed by atoms with Gasteiger partial charge in [0.25, 0.3) is 11.8 Å². The van der Waals surface area contributed by atoms with Crippen LogP contribution in [0.25, 0.3) is 0 Å². The molecule has 9 nitrogen and oxygen atoms in total. The molecular weight excluding hydrogens is 560 g/mol. The van der Waals surface area contributed by atoms with Crippen molar-refractivity contribution >= 4 is 46.7 Å². The maximum atomic E-state index is 13.1. The van der Waals surface area contributed by atoms with E-state index in [0.717, 1.165) is 10.5 Å². The fourth-order valence-electron chi connectivity index (χ4n) is 4.11. The van der Waals surface area contributed by atoms with Crippen LogP contribution in [-0.4, -0.2) is 30.9 Å². The van der Waals surface area contributed by atoms with Crippen molar-refractivity contribution in [2.75, 3.05) is 17.3 Å². The number of carbonyl (C=O) groups excluding carboxylic acids is 4. The van der Waals surface area contributed by atoms with Crippen LogP contribution in [0.1, 0.15) is 26.3 Å². The highest BCUT2D eigenvalue weighted by atomic mass is 35.5. The molecule has 0 aliphatic carbocycles. The molecule has 10 heteroatoms. The predicted molar refractivity (Wildman–Crippen MR) is 155 cm³/mol. The molecule has 0 fully saturated rings. The van der Waals surface area contributed by atoms with Crippen molar-refractivity contribution in [1.82, 2.24) is 0 Å². The summed E-state index contributed by atoms with van der Waals surface area (Å²) < 4.78 is 16.0. The van der Waals surface area contributed by atoms with E-state index in [-0.39, 0.29) is 34.3 Å². The Labute approximate surface area is 245 Å². The largest absolute Gasteiger partial charge is 0.495 e. The highest BCUT2D eigenvalue weighted by molar-refractivity contribution is 6.53. The Morgan fingerprint density at radius 2 is 1.38 bits per heavy atom. The van der Waals surface area contributed by atoms with Crippen molar-refractivity contribution in [1.29, 1.82) is 0 Å². The number of benzene rings is 4. The normalized spacial score (nSPS) is 12.8. The molecule has 0 saturated carbocycles. The summed E-state index contributed by atoms with van der Waals surface area (Å²) in [6.45, 7) is 0.148. The first-order valence-corrected chi connectivity index (χ1v) is 13.1. The van der Waals surface area contributed by atoms with Gasteiger partial charge < -0.3 is 19.5 Å². The number of para-hydroxylation sites is 2. The second kappa shape index (κ2) is 12.4. The molecule has 4 aromatic rings. The summed E-state index contributed by atoms with van der Waals surface area (Å²) in [7, 11) is 1.43. The molecule has 0 unspecified atom stereocenters. The number of rotatable bonds is 9. The van der Waals surface area contributed by atoms with Gasteiger partial charge in [-0.1, -0.05) is 54.1 Å². The number of nitrogens with zero attached hydrogens (tertiary/aromatic N) is 1. The number of ether oxygens (including phenoxy) is 3. The summed E-state index contributed by atoms with van der Waals surface area (Å²) in [5.41, 5.74) is 2.00. The zero-order valence-electron chi connectivity index (χ0n) is 22.2. The molecule has 0 aromatic heterocycles. The van der Waals surface area contributed by atoms with E-state index in [1.165, 1.54) is 43.5 Å². The van der Waals surface area contributed by atoms with Crippen molar-refractivity contribution in [3.05, 3.63) is 131 Å². The lowest BCUT2D eigenvalue weighted by Crippen LogP contribution is -2.32. The summed E-state index contributed by atoms with van der Waals surface area (Å²) >= 11 is 6.22. The molecule has 0 spiro atoms. The van der Waals surface area contributed by atoms with Crippen LogP contribution in [0.2, 0.25) is 0 Å². The fraction of sp³-hybridized carbons (Fsp3) is 0.0625. The van der Waals surface area contributed by atoms with Crippen LogP contribution >= 0.6 is 11.6 Å². The zero-order chi connectivity index (χ0) is 29.6. The van der Waals surface area contributed by atoms with E-state index >= 15 is 0 Å². The third-order valence-electron chi connectivity index (χ3n) is 6.26. The van der Waals surface area contributed by atoms with Crippen molar-refractivity contribution in [3.63, 3.8) is 0 Å². The number of hydrogen-bond acceptors (Lipinski definition) is 8. The quantitative estimate of drug-likeness (QED) is 0.152. The zero-order valence-corrected chi connectivity index (χ0v) is 23.0. The van der Waals surface area contributed by atoms with Gasteiger partial charge in [-0.05, 0) is 66.2 Å². The average Bonchev–Trinajstić information content (AvgIpc) is 3.23. The lowest BCUT2D eigenvalue weighted by atomic mass is 10.2. The predicted octanol–water partition coefficient (Wildman–Crippen LogP) is 5.71. The molecule has 5 rings (SSSR count). The number of hydrogen-bond donors (Lipinski definition) is 1. The van der Waals surface area contributed by atoms with Gasteiger partial charge in [0.1, 0.15) is 28.8 Å². The second-order valence-corrected chi connectivity index (χ2v) is 9.36. The van der Waals surface area contributed by atoms with E-state index in [1.54, 1.807) is 36.4 Å². The monoisotopic (exact) mass is 582 g/mol. The third kappa shape index (κ3) is 6.01. The van der Waals surface area contributed by atoms with Crippen molar-refractivity contribution in [2.24, 2.45) is 0 Å². The van der Waals surface area contributed by atoms with Gasteiger partial charge in [-0.25, -0.2) is 14.5 Å². The summed E-state index contributed by atoms with van der Waals surface area (Å²) in [5, 5.41) is 2.58. The van der Waals surface area contributed by atoms with Gasteiger partial charge >= 0.3 is 11.9 Å². The van der Waals surface area contributed by atoms with Gasteiger partial charge in [0.2, 0.25) is 0 Å². The molecule has 0 bridgehead atoms. The number of halogens is 1. The Bertz CT molecular complexity index is 1680. The van der Waals surface area contributed by atoms with Gasteiger partial charge in [-0.2, -0.15) is 0 Å². The van der Waals surface area contributed by atoms with E-state index in [0.29, 0.717) is 17.0 Å². The number of esters is 2. The Balaban J connectivity index is 1.19. The molecule has 210 valence electrons. The summed E-state index contributed by atoms with van der Waals surface area (Å²) in [6.07, 6.45) is 0. The smallest absolute Gasteiger partial charge is 0.343 e. The minimum atomic E-state index is -0.690. The standard InChI is InChI=1S/C32H23ClN2O7/c1-40-26-10-6-5-9-25(26)35-29(36)27(33)28(30(35)37)34-23-15-11-22(12-16-23)32(39)42-24-17-13-21(14-18-24)31(38)41-19-20-7-3-2-4-8-20/h2-18,34H,19H2,1H3. The van der Waals surface area contributed by atoms with Crippen molar-refractivity contribution < 1.29 is 33.4 Å². The molecule has 1 N–H and O–H groups in total. The van der Waals surface area contributed by atoms with Gasteiger partial charge in [0.05, 0.1) is 23.9 Å². The van der Waals surface area contributed by atoms with Crippen LogP contribution in [0.15, 0.2) is 114 Å². The third-order valence-corrected chi connectivity index (χ3v) is 6.61. The molecule has 0 saturated heterocycles. The van der Waals surface area contributed by atoms with E-state index < -0.39 is 23.8 Å². The summed E-state index contributed by atoms with van der Waals surface area (Å²) in [6, 6.07) is 28.0. The van der Waals surface area contributed by atoms with Gasteiger partial charge in [0.15, 0.2) is 0 Å². The Morgan fingerprint density at radius 3 is 2.07 bits per heavy atom. The number of carbonyl (C=O) groups is 4. The number of amides is 2. The summed E-state index contributed by atoms with van der Waals surface area (Å²) in [5.74, 6) is -1.89. The summed E-state index contributed by atoms with van der Waals surface area (Å²) in [4.78, 5) is 51.8. The lowest BCUT2D eigenvalue weighted by molar-refractivity contribution is -0.120. The lowest BCUT2D eigenvalue weighted by Gasteiger charge is -2.17. The first-order valence-electron chi connectivity index (χ1n) is 12.7. The van der Waals surface area contributed by atoms with E-state index in [9.17, 15) is 19.2 Å². The van der Waals surface area contributed by atoms with E-state index in [4.69, 9.17) is 25.8 Å². The molecule has 1 heterocycles. The second-order valence-electron chi connectivity index (χ2n) is 8.98. The van der Waals surface area contributed by atoms with Crippen LogP contribution in [0.4, 0.5) is 11.4 Å². The Hall–Kier alpha value is -5.41. The number of methoxy groups -OCH3 is 1. The number of nitrogens with one attached hydrogen (secondary N) is 1. The molecule has 42 heavy (non-hydrogen) atoms. The van der Waals surface area contributed by atoms with Crippen LogP contribution in [-0.2, 0) is 20.9 Å². The fourth-order valence-corrected chi connectivity index (χ4v) is 4.32. The van der Waals surface area contributed by atoms with Crippen molar-refractivity contribution in [2.45, 2.75) is 6.61 Å². The van der Waals surface area contributed by atoms with Gasteiger partial charge in [0, 0.05) is 5.69 Å². The average molecular weight is 583 g/mol. The molecular formula is C32H23ClN2O7. The maximum Gasteiger partial charge on any atom is 0.343 e. The molecule has 1 aliphatic heterocycles. The first-order chi connectivity index (χ1) is 20.4. The first kappa shape index (κ1) is 28.1. The van der Waals surface area contributed by atoms with Gasteiger partial charge in [-0.3, -0.25) is 9.59 Å². The van der Waals surface area contributed by atoms with E-state index in [2.05, 4.69) is 5.32 Å². The number of imide groups is 1. The highest BCUT2D eigenvalue weighted by Crippen LogP contribution is 2.35. The minimum Gasteiger partial charge on any atom is -0.495 e. The van der Waals surface area contributed by atoms with E-state index in [1.807, 2.05) is 30.3 Å². The van der Waals surface area contributed by atoms with Gasteiger partial charge in [-0.15, -0.1) is 0 Å². The number of anilines is 2. The molecule has 2 amide bonds. The highest BCUT2D eigenvalue weighted by Gasteiger charge is 2.40.